The predicted octanol–water partition coefficient (Wildman–Crippen LogP) is 3.45. The van der Waals surface area contributed by atoms with Crippen molar-refractivity contribution in [3.05, 3.63) is 28.8 Å². The molecule has 1 aliphatic heterocycles. The van der Waals surface area contributed by atoms with Crippen LogP contribution in [0.15, 0.2) is 18.2 Å². The van der Waals surface area contributed by atoms with Crippen LogP contribution in [0.4, 0.5) is 5.69 Å². The molecule has 1 unspecified atom stereocenters. The summed E-state index contributed by atoms with van der Waals surface area (Å²) in [6.07, 6.45) is 5.14. The molecule has 1 atom stereocenters. The number of benzene rings is 1. The molecule has 0 spiro atoms. The number of piperidine rings is 1. The van der Waals surface area contributed by atoms with E-state index in [0.29, 0.717) is 5.92 Å². The molecule has 0 radical (unpaired) electrons. The molecule has 2 fully saturated rings. The van der Waals surface area contributed by atoms with Crippen LogP contribution in [0.25, 0.3) is 0 Å². The Hall–Kier alpha value is -0.770. The van der Waals surface area contributed by atoms with Gasteiger partial charge in [0.15, 0.2) is 0 Å². The number of nitrogens with zero attached hydrogens (tertiary/aromatic N) is 1. The van der Waals surface area contributed by atoms with E-state index < -0.39 is 0 Å². The quantitative estimate of drug-likeness (QED) is 0.871. The molecule has 116 valence electrons. The zero-order valence-electron chi connectivity index (χ0n) is 12.8. The van der Waals surface area contributed by atoms with Gasteiger partial charge in [-0.3, -0.25) is 0 Å². The van der Waals surface area contributed by atoms with Crippen molar-refractivity contribution < 1.29 is 4.74 Å². The second-order valence-corrected chi connectivity index (χ2v) is 6.77. The zero-order chi connectivity index (χ0) is 14.7. The van der Waals surface area contributed by atoms with Crippen LogP contribution in [0.2, 0.25) is 5.02 Å². The standard InChI is InChI=1S/C17H25ClN2O/c1-21-12-13-3-2-8-20(11-13)17-7-4-15(18)9-14(17)10-19-16-5-6-16/h4,7,9,13,16,19H,2-3,5-6,8,10-12H2,1H3. The van der Waals surface area contributed by atoms with E-state index in [-0.39, 0.29) is 0 Å². The summed E-state index contributed by atoms with van der Waals surface area (Å²) >= 11 is 6.20. The number of rotatable bonds is 6. The lowest BCUT2D eigenvalue weighted by Crippen LogP contribution is -2.38. The summed E-state index contributed by atoms with van der Waals surface area (Å²) in [4.78, 5) is 2.51. The Bertz CT molecular complexity index is 474. The number of hydrogen-bond acceptors (Lipinski definition) is 3. The highest BCUT2D eigenvalue weighted by molar-refractivity contribution is 6.30. The highest BCUT2D eigenvalue weighted by Crippen LogP contribution is 2.29. The Balaban J connectivity index is 1.72. The van der Waals surface area contributed by atoms with Gasteiger partial charge in [0.25, 0.3) is 0 Å². The fourth-order valence-corrected chi connectivity index (χ4v) is 3.40. The van der Waals surface area contributed by atoms with Gasteiger partial charge in [0.1, 0.15) is 0 Å². The van der Waals surface area contributed by atoms with E-state index in [1.807, 2.05) is 6.07 Å². The van der Waals surface area contributed by atoms with E-state index in [4.69, 9.17) is 16.3 Å². The molecule has 1 heterocycles. The van der Waals surface area contributed by atoms with Crippen LogP contribution in [-0.2, 0) is 11.3 Å². The summed E-state index contributed by atoms with van der Waals surface area (Å²) in [6, 6.07) is 7.03. The van der Waals surface area contributed by atoms with Crippen LogP contribution < -0.4 is 10.2 Å². The van der Waals surface area contributed by atoms with Crippen molar-refractivity contribution in [1.82, 2.24) is 5.32 Å². The molecule has 1 aromatic carbocycles. The minimum absolute atomic E-state index is 0.642. The third-order valence-electron chi connectivity index (χ3n) is 4.46. The third-order valence-corrected chi connectivity index (χ3v) is 4.70. The summed E-state index contributed by atoms with van der Waals surface area (Å²) in [5.74, 6) is 0.642. The van der Waals surface area contributed by atoms with Gasteiger partial charge in [0, 0.05) is 43.5 Å². The van der Waals surface area contributed by atoms with E-state index in [1.54, 1.807) is 7.11 Å². The van der Waals surface area contributed by atoms with Gasteiger partial charge in [-0.1, -0.05) is 11.6 Å². The summed E-state index contributed by atoms with van der Waals surface area (Å²) in [5.41, 5.74) is 2.67. The molecule has 3 rings (SSSR count). The van der Waals surface area contributed by atoms with Crippen molar-refractivity contribution in [3.63, 3.8) is 0 Å². The van der Waals surface area contributed by atoms with Crippen molar-refractivity contribution in [2.24, 2.45) is 5.92 Å². The smallest absolute Gasteiger partial charge is 0.0507 e. The highest BCUT2D eigenvalue weighted by atomic mass is 35.5. The molecule has 1 saturated carbocycles. The van der Waals surface area contributed by atoms with Gasteiger partial charge in [-0.15, -0.1) is 0 Å². The monoisotopic (exact) mass is 308 g/mol. The number of methoxy groups -OCH3 is 1. The molecule has 2 aliphatic rings. The van der Waals surface area contributed by atoms with Crippen molar-refractivity contribution in [2.75, 3.05) is 31.7 Å². The van der Waals surface area contributed by atoms with Gasteiger partial charge >= 0.3 is 0 Å². The second-order valence-electron chi connectivity index (χ2n) is 6.34. The van der Waals surface area contributed by atoms with Crippen molar-refractivity contribution >= 4 is 17.3 Å². The molecular weight excluding hydrogens is 284 g/mol. The molecule has 0 bridgehead atoms. The van der Waals surface area contributed by atoms with E-state index in [1.165, 1.54) is 36.9 Å². The Kier molecular flexibility index (Phi) is 5.04. The lowest BCUT2D eigenvalue weighted by atomic mass is 9.97. The van der Waals surface area contributed by atoms with Crippen LogP contribution in [0.1, 0.15) is 31.2 Å². The zero-order valence-corrected chi connectivity index (χ0v) is 13.5. The largest absolute Gasteiger partial charge is 0.384 e. The predicted molar refractivity (Wildman–Crippen MR) is 88.1 cm³/mol. The SMILES string of the molecule is COCC1CCCN(c2ccc(Cl)cc2CNC2CC2)C1. The van der Waals surface area contributed by atoms with Gasteiger partial charge in [-0.2, -0.15) is 0 Å². The molecule has 1 aromatic rings. The lowest BCUT2D eigenvalue weighted by molar-refractivity contribution is 0.143. The minimum Gasteiger partial charge on any atom is -0.384 e. The van der Waals surface area contributed by atoms with Gasteiger partial charge in [-0.05, 0) is 55.4 Å². The van der Waals surface area contributed by atoms with Crippen molar-refractivity contribution in [1.29, 1.82) is 0 Å². The second kappa shape index (κ2) is 6.99. The van der Waals surface area contributed by atoms with E-state index >= 15 is 0 Å². The average molecular weight is 309 g/mol. The molecule has 1 saturated heterocycles. The molecule has 21 heavy (non-hydrogen) atoms. The van der Waals surface area contributed by atoms with Crippen LogP contribution in [0.3, 0.4) is 0 Å². The summed E-state index contributed by atoms with van der Waals surface area (Å²) in [5, 5.41) is 4.44. The number of ether oxygens (including phenoxy) is 1. The minimum atomic E-state index is 0.642. The normalized spacial score (nSPS) is 22.6. The number of hydrogen-bond donors (Lipinski definition) is 1. The maximum atomic E-state index is 6.20. The Morgan fingerprint density at radius 3 is 2.95 bits per heavy atom. The van der Waals surface area contributed by atoms with E-state index in [9.17, 15) is 0 Å². The molecule has 0 aromatic heterocycles. The first kappa shape index (κ1) is 15.1. The van der Waals surface area contributed by atoms with Crippen molar-refractivity contribution in [3.8, 4) is 0 Å². The molecule has 3 nitrogen and oxygen atoms in total. The van der Waals surface area contributed by atoms with Crippen molar-refractivity contribution in [2.45, 2.75) is 38.3 Å². The maximum absolute atomic E-state index is 6.20. The molecule has 4 heteroatoms. The van der Waals surface area contributed by atoms with Gasteiger partial charge in [-0.25, -0.2) is 0 Å². The summed E-state index contributed by atoms with van der Waals surface area (Å²) < 4.78 is 5.34. The molecular formula is C17H25ClN2O. The Labute approximate surface area is 132 Å². The lowest BCUT2D eigenvalue weighted by Gasteiger charge is -2.35. The molecule has 1 N–H and O–H groups in total. The first-order chi connectivity index (χ1) is 10.3. The van der Waals surface area contributed by atoms with Crippen LogP contribution in [0, 0.1) is 5.92 Å². The summed E-state index contributed by atoms with van der Waals surface area (Å²) in [7, 11) is 1.80. The first-order valence-electron chi connectivity index (χ1n) is 8.02. The fraction of sp³-hybridized carbons (Fsp3) is 0.647. The summed E-state index contributed by atoms with van der Waals surface area (Å²) in [6.45, 7) is 4.01. The van der Waals surface area contributed by atoms with Crippen LogP contribution in [-0.4, -0.2) is 32.8 Å². The number of nitrogens with one attached hydrogen (secondary N) is 1. The van der Waals surface area contributed by atoms with Gasteiger partial charge in [0.05, 0.1) is 6.61 Å². The maximum Gasteiger partial charge on any atom is 0.0507 e. The van der Waals surface area contributed by atoms with E-state index in [0.717, 1.165) is 37.3 Å². The van der Waals surface area contributed by atoms with Gasteiger partial charge in [0.2, 0.25) is 0 Å². The van der Waals surface area contributed by atoms with Crippen LogP contribution in [0.5, 0.6) is 0 Å². The van der Waals surface area contributed by atoms with E-state index in [2.05, 4.69) is 22.3 Å². The topological polar surface area (TPSA) is 24.5 Å². The third kappa shape index (κ3) is 4.12. The number of halogens is 1. The average Bonchev–Trinajstić information content (AvgIpc) is 3.30. The Morgan fingerprint density at radius 2 is 2.19 bits per heavy atom. The molecule has 1 aliphatic carbocycles. The number of anilines is 1. The highest BCUT2D eigenvalue weighted by Gasteiger charge is 2.24. The van der Waals surface area contributed by atoms with Crippen LogP contribution >= 0.6 is 11.6 Å². The fourth-order valence-electron chi connectivity index (χ4n) is 3.20. The van der Waals surface area contributed by atoms with Gasteiger partial charge < -0.3 is 15.0 Å². The first-order valence-corrected chi connectivity index (χ1v) is 8.39. The Morgan fingerprint density at radius 1 is 1.33 bits per heavy atom. The molecule has 0 amide bonds.